The number of rotatable bonds is 3. The molecular weight excluding hydrogens is 230 g/mol. The minimum Gasteiger partial charge on any atom is -0.375 e. The number of hydrazone groups is 1. The fourth-order valence-corrected chi connectivity index (χ4v) is 1.44. The quantitative estimate of drug-likeness (QED) is 0.485. The molecule has 80 valence electrons. The Bertz CT molecular complexity index is 390. The van der Waals surface area contributed by atoms with Crippen molar-refractivity contribution in [3.63, 3.8) is 0 Å². The number of halogens is 1. The summed E-state index contributed by atoms with van der Waals surface area (Å²) in [6.45, 7) is 1.99. The molecule has 0 fully saturated rings. The van der Waals surface area contributed by atoms with Crippen molar-refractivity contribution in [1.29, 1.82) is 0 Å². The van der Waals surface area contributed by atoms with Crippen LogP contribution in [0.15, 0.2) is 29.4 Å². The van der Waals surface area contributed by atoms with Gasteiger partial charge in [-0.3, -0.25) is 5.43 Å². The number of nitrogens with two attached hydrogens (primary N) is 1. The van der Waals surface area contributed by atoms with E-state index in [9.17, 15) is 0 Å². The first-order valence-corrected chi connectivity index (χ1v) is 5.30. The van der Waals surface area contributed by atoms with Gasteiger partial charge in [0.15, 0.2) is 5.11 Å². The third-order valence-electron chi connectivity index (χ3n) is 1.82. The number of nitrogens with zero attached hydrogens (tertiary/aromatic N) is 1. The van der Waals surface area contributed by atoms with Crippen molar-refractivity contribution in [2.45, 2.75) is 13.3 Å². The molecule has 0 spiro atoms. The number of benzene rings is 1. The highest BCUT2D eigenvalue weighted by Crippen LogP contribution is 2.16. The molecule has 0 heterocycles. The van der Waals surface area contributed by atoms with Gasteiger partial charge < -0.3 is 5.73 Å². The summed E-state index contributed by atoms with van der Waals surface area (Å²) in [5, 5.41) is 4.90. The standard InChI is InChI=1S/C10H12ClN3S/c1-2-9(13-14-10(12)15)7-5-3-4-6-8(7)11/h3-6H,2H2,1H3,(H3,12,14,15)/b13-9+. The van der Waals surface area contributed by atoms with E-state index < -0.39 is 0 Å². The Morgan fingerprint density at radius 1 is 1.53 bits per heavy atom. The zero-order valence-electron chi connectivity index (χ0n) is 8.33. The monoisotopic (exact) mass is 241 g/mol. The van der Waals surface area contributed by atoms with E-state index in [0.29, 0.717) is 5.02 Å². The van der Waals surface area contributed by atoms with E-state index in [-0.39, 0.29) is 5.11 Å². The van der Waals surface area contributed by atoms with Gasteiger partial charge in [0.2, 0.25) is 0 Å². The van der Waals surface area contributed by atoms with Crippen LogP contribution >= 0.6 is 23.8 Å². The highest BCUT2D eigenvalue weighted by molar-refractivity contribution is 7.80. The Balaban J connectivity index is 2.97. The fourth-order valence-electron chi connectivity index (χ4n) is 1.15. The minimum atomic E-state index is 0.146. The lowest BCUT2D eigenvalue weighted by atomic mass is 10.1. The smallest absolute Gasteiger partial charge is 0.184 e. The molecule has 0 aromatic heterocycles. The van der Waals surface area contributed by atoms with Crippen molar-refractivity contribution in [3.05, 3.63) is 34.9 Å². The number of hydrogen-bond donors (Lipinski definition) is 2. The van der Waals surface area contributed by atoms with Gasteiger partial charge in [0.25, 0.3) is 0 Å². The Labute approximate surface area is 99.3 Å². The SMILES string of the molecule is CC/C(=N\NC(N)=S)c1ccccc1Cl. The van der Waals surface area contributed by atoms with E-state index in [2.05, 4.69) is 22.7 Å². The Hall–Kier alpha value is -1.13. The van der Waals surface area contributed by atoms with Crippen LogP contribution in [0.4, 0.5) is 0 Å². The van der Waals surface area contributed by atoms with Crippen molar-refractivity contribution in [2.75, 3.05) is 0 Å². The minimum absolute atomic E-state index is 0.146. The predicted octanol–water partition coefficient (Wildman–Crippen LogP) is 2.29. The molecule has 0 aliphatic heterocycles. The third kappa shape index (κ3) is 3.49. The molecule has 1 aromatic carbocycles. The maximum atomic E-state index is 6.04. The fraction of sp³-hybridized carbons (Fsp3) is 0.200. The van der Waals surface area contributed by atoms with Crippen LogP contribution in [-0.2, 0) is 0 Å². The summed E-state index contributed by atoms with van der Waals surface area (Å²) < 4.78 is 0. The average molecular weight is 242 g/mol. The summed E-state index contributed by atoms with van der Waals surface area (Å²) in [5.74, 6) is 0. The molecule has 0 saturated heterocycles. The van der Waals surface area contributed by atoms with E-state index in [4.69, 9.17) is 17.3 Å². The highest BCUT2D eigenvalue weighted by Gasteiger charge is 2.05. The molecule has 3 nitrogen and oxygen atoms in total. The topological polar surface area (TPSA) is 50.4 Å². The molecule has 3 N–H and O–H groups in total. The summed E-state index contributed by atoms with van der Waals surface area (Å²) in [5.41, 5.74) is 9.57. The first-order chi connectivity index (χ1) is 7.15. The van der Waals surface area contributed by atoms with Crippen LogP contribution in [0.25, 0.3) is 0 Å². The van der Waals surface area contributed by atoms with Gasteiger partial charge in [-0.15, -0.1) is 0 Å². The van der Waals surface area contributed by atoms with E-state index >= 15 is 0 Å². The Morgan fingerprint density at radius 2 is 2.20 bits per heavy atom. The normalized spacial score (nSPS) is 11.2. The molecule has 1 aromatic rings. The number of hydrogen-bond acceptors (Lipinski definition) is 2. The van der Waals surface area contributed by atoms with Crippen molar-refractivity contribution in [1.82, 2.24) is 5.43 Å². The first kappa shape index (κ1) is 11.9. The second kappa shape index (κ2) is 5.68. The molecule has 0 saturated carbocycles. The Kier molecular flexibility index (Phi) is 4.52. The average Bonchev–Trinajstić information content (AvgIpc) is 2.21. The van der Waals surface area contributed by atoms with Crippen LogP contribution in [0.1, 0.15) is 18.9 Å². The predicted molar refractivity (Wildman–Crippen MR) is 68.2 cm³/mol. The van der Waals surface area contributed by atoms with Crippen molar-refractivity contribution in [3.8, 4) is 0 Å². The summed E-state index contributed by atoms with van der Waals surface area (Å²) >= 11 is 10.7. The zero-order valence-corrected chi connectivity index (χ0v) is 9.90. The lowest BCUT2D eigenvalue weighted by molar-refractivity contribution is 1.01. The maximum Gasteiger partial charge on any atom is 0.184 e. The van der Waals surface area contributed by atoms with Crippen molar-refractivity contribution in [2.24, 2.45) is 10.8 Å². The van der Waals surface area contributed by atoms with Crippen LogP contribution < -0.4 is 11.2 Å². The van der Waals surface area contributed by atoms with Crippen LogP contribution in [0.2, 0.25) is 5.02 Å². The molecule has 0 radical (unpaired) electrons. The highest BCUT2D eigenvalue weighted by atomic mass is 35.5. The summed E-state index contributed by atoms with van der Waals surface area (Å²) in [4.78, 5) is 0. The molecule has 0 bridgehead atoms. The van der Waals surface area contributed by atoms with Gasteiger partial charge >= 0.3 is 0 Å². The number of thiocarbonyl (C=S) groups is 1. The molecule has 15 heavy (non-hydrogen) atoms. The van der Waals surface area contributed by atoms with Crippen LogP contribution in [0.5, 0.6) is 0 Å². The van der Waals surface area contributed by atoms with Gasteiger partial charge in [-0.1, -0.05) is 36.7 Å². The van der Waals surface area contributed by atoms with Crippen LogP contribution in [-0.4, -0.2) is 10.8 Å². The molecule has 0 amide bonds. The van der Waals surface area contributed by atoms with E-state index in [1.165, 1.54) is 0 Å². The first-order valence-electron chi connectivity index (χ1n) is 4.52. The molecular formula is C10H12ClN3S. The molecule has 0 aliphatic rings. The van der Waals surface area contributed by atoms with Crippen molar-refractivity contribution < 1.29 is 0 Å². The van der Waals surface area contributed by atoms with Gasteiger partial charge in [-0.2, -0.15) is 5.10 Å². The molecule has 0 atom stereocenters. The summed E-state index contributed by atoms with van der Waals surface area (Å²) in [6, 6.07) is 7.52. The molecule has 0 unspecified atom stereocenters. The zero-order chi connectivity index (χ0) is 11.3. The lowest BCUT2D eigenvalue weighted by Gasteiger charge is -2.06. The summed E-state index contributed by atoms with van der Waals surface area (Å²) in [6.07, 6.45) is 0.749. The third-order valence-corrected chi connectivity index (χ3v) is 2.24. The second-order valence-electron chi connectivity index (χ2n) is 2.87. The van der Waals surface area contributed by atoms with Gasteiger partial charge in [-0.25, -0.2) is 0 Å². The molecule has 0 aliphatic carbocycles. The van der Waals surface area contributed by atoms with Crippen LogP contribution in [0, 0.1) is 0 Å². The van der Waals surface area contributed by atoms with E-state index in [1.807, 2.05) is 31.2 Å². The van der Waals surface area contributed by atoms with Gasteiger partial charge in [-0.05, 0) is 24.7 Å². The van der Waals surface area contributed by atoms with Crippen molar-refractivity contribution >= 4 is 34.6 Å². The van der Waals surface area contributed by atoms with E-state index in [1.54, 1.807) is 0 Å². The van der Waals surface area contributed by atoms with Gasteiger partial charge in [0, 0.05) is 10.6 Å². The van der Waals surface area contributed by atoms with Gasteiger partial charge in [0.1, 0.15) is 0 Å². The van der Waals surface area contributed by atoms with Gasteiger partial charge in [0.05, 0.1) is 5.71 Å². The molecule has 5 heteroatoms. The maximum absolute atomic E-state index is 6.04. The lowest BCUT2D eigenvalue weighted by Crippen LogP contribution is -2.25. The second-order valence-corrected chi connectivity index (χ2v) is 3.71. The van der Waals surface area contributed by atoms with E-state index in [0.717, 1.165) is 17.7 Å². The number of nitrogens with one attached hydrogen (secondary N) is 1. The summed E-state index contributed by atoms with van der Waals surface area (Å²) in [7, 11) is 0. The largest absolute Gasteiger partial charge is 0.375 e. The Morgan fingerprint density at radius 3 is 2.73 bits per heavy atom. The molecule has 1 rings (SSSR count). The van der Waals surface area contributed by atoms with Crippen LogP contribution in [0.3, 0.4) is 0 Å².